The molecule has 11 nitrogen and oxygen atoms in total. The molecule has 0 aromatic heterocycles. The molecule has 0 bridgehead atoms. The smallest absolute Gasteiger partial charge is 0.339 e. The first-order valence-electron chi connectivity index (χ1n) is 8.76. The van der Waals surface area contributed by atoms with E-state index in [1.807, 2.05) is 0 Å². The summed E-state index contributed by atoms with van der Waals surface area (Å²) in [6, 6.07) is 6.68. The molecule has 3 rings (SSSR count). The van der Waals surface area contributed by atoms with E-state index in [9.17, 15) is 29.8 Å². The highest BCUT2D eigenvalue weighted by Crippen LogP contribution is 2.34. The first kappa shape index (κ1) is 20.9. The molecule has 0 radical (unpaired) electrons. The second-order valence-electron chi connectivity index (χ2n) is 6.36. The van der Waals surface area contributed by atoms with E-state index in [1.54, 1.807) is 0 Å². The zero-order valence-electron chi connectivity index (χ0n) is 15.7. The summed E-state index contributed by atoms with van der Waals surface area (Å²) >= 11 is 0. The molecule has 0 N–H and O–H groups in total. The summed E-state index contributed by atoms with van der Waals surface area (Å²) in [6.45, 7) is 0.653. The van der Waals surface area contributed by atoms with Crippen molar-refractivity contribution in [3.05, 3.63) is 67.8 Å². The number of hydrogen-bond acceptors (Lipinski definition) is 9. The van der Waals surface area contributed by atoms with E-state index in [0.717, 1.165) is 37.4 Å². The van der Waals surface area contributed by atoms with Crippen LogP contribution in [-0.2, 0) is 14.2 Å². The lowest BCUT2D eigenvalue weighted by Crippen LogP contribution is -2.19. The predicted molar refractivity (Wildman–Crippen MR) is 101 cm³/mol. The lowest BCUT2D eigenvalue weighted by molar-refractivity contribution is -0.385. The summed E-state index contributed by atoms with van der Waals surface area (Å²) in [7, 11) is 1.12. The number of methoxy groups -OCH3 is 1. The number of carbonyl (C=O) groups excluding carboxylic acids is 2. The van der Waals surface area contributed by atoms with Gasteiger partial charge in [-0.15, -0.1) is 0 Å². The Morgan fingerprint density at radius 2 is 1.50 bits per heavy atom. The number of esters is 2. The highest BCUT2D eigenvalue weighted by atomic mass is 16.6. The van der Waals surface area contributed by atoms with Gasteiger partial charge in [-0.3, -0.25) is 20.2 Å². The first-order valence-corrected chi connectivity index (χ1v) is 8.76. The molecule has 0 spiro atoms. The Morgan fingerprint density at radius 3 is 1.93 bits per heavy atom. The molecule has 1 saturated heterocycles. The van der Waals surface area contributed by atoms with Gasteiger partial charge in [0.1, 0.15) is 6.10 Å². The van der Waals surface area contributed by atoms with Crippen LogP contribution in [0.3, 0.4) is 0 Å². The maximum absolute atomic E-state index is 12.7. The fourth-order valence-corrected chi connectivity index (χ4v) is 3.02. The normalized spacial score (nSPS) is 15.4. The summed E-state index contributed by atoms with van der Waals surface area (Å²) in [4.78, 5) is 46.1. The molecule has 11 heteroatoms. The van der Waals surface area contributed by atoms with E-state index < -0.39 is 27.9 Å². The number of nitro groups is 2. The molecule has 2 aromatic rings. The molecule has 156 valence electrons. The lowest BCUT2D eigenvalue weighted by atomic mass is 9.94. The van der Waals surface area contributed by atoms with Crippen molar-refractivity contribution < 1.29 is 33.6 Å². The Morgan fingerprint density at radius 1 is 0.967 bits per heavy atom. The van der Waals surface area contributed by atoms with Crippen LogP contribution in [-0.4, -0.2) is 48.2 Å². The molecule has 0 unspecified atom stereocenters. The molecule has 0 saturated carbocycles. The summed E-state index contributed by atoms with van der Waals surface area (Å²) in [5.41, 5.74) is -1.03. The van der Waals surface area contributed by atoms with Crippen molar-refractivity contribution in [1.29, 1.82) is 0 Å². The lowest BCUT2D eigenvalue weighted by Gasteiger charge is -2.15. The van der Waals surface area contributed by atoms with Gasteiger partial charge < -0.3 is 14.2 Å². The molecular formula is C19H16N2O9. The highest BCUT2D eigenvalue weighted by molar-refractivity contribution is 6.04. The van der Waals surface area contributed by atoms with Gasteiger partial charge in [0, 0.05) is 41.8 Å². The first-order chi connectivity index (χ1) is 14.3. The number of ether oxygens (including phenoxy) is 3. The van der Waals surface area contributed by atoms with Crippen LogP contribution in [0.2, 0.25) is 0 Å². The minimum absolute atomic E-state index is 0.0581. The van der Waals surface area contributed by atoms with Gasteiger partial charge in [-0.05, 0) is 12.1 Å². The Balaban J connectivity index is 2.19. The molecule has 1 fully saturated rings. The minimum Gasteiger partial charge on any atom is -0.465 e. The second-order valence-corrected chi connectivity index (χ2v) is 6.36. The molecular weight excluding hydrogens is 400 g/mol. The molecule has 1 atom stereocenters. The number of non-ortho nitro benzene ring substituents is 2. The molecule has 1 heterocycles. The molecule has 1 aliphatic heterocycles. The average molecular weight is 416 g/mol. The van der Waals surface area contributed by atoms with Crippen LogP contribution in [0, 0.1) is 20.2 Å². The summed E-state index contributed by atoms with van der Waals surface area (Å²) in [6.07, 6.45) is 0.0175. The Hall–Kier alpha value is -3.86. The van der Waals surface area contributed by atoms with Gasteiger partial charge >= 0.3 is 11.9 Å². The van der Waals surface area contributed by atoms with E-state index in [2.05, 4.69) is 0 Å². The quantitative estimate of drug-likeness (QED) is 0.393. The average Bonchev–Trinajstić information content (AvgIpc) is 3.25. The van der Waals surface area contributed by atoms with Crippen molar-refractivity contribution in [3.8, 4) is 11.1 Å². The van der Waals surface area contributed by atoms with Gasteiger partial charge in [-0.2, -0.15) is 0 Å². The van der Waals surface area contributed by atoms with Crippen LogP contribution in [0.5, 0.6) is 0 Å². The molecule has 0 amide bonds. The number of nitrogens with zero attached hydrogens (tertiary/aromatic N) is 2. The van der Waals surface area contributed by atoms with E-state index in [4.69, 9.17) is 14.2 Å². The zero-order chi connectivity index (χ0) is 21.8. The second kappa shape index (κ2) is 8.66. The van der Waals surface area contributed by atoms with Crippen LogP contribution in [0.15, 0.2) is 36.4 Å². The van der Waals surface area contributed by atoms with Crippen LogP contribution >= 0.6 is 0 Å². The highest BCUT2D eigenvalue weighted by Gasteiger charge is 2.27. The molecule has 0 aliphatic carbocycles. The standard InChI is InChI=1S/C19H16N2O9/c1-28-18(22)14-4-2-11(20(24)25)8-16(14)17-9-12(21(26)27)3-5-15(17)19(23)30-13-6-7-29-10-13/h2-5,8-9,13H,6-7,10H2,1H3/t13-/m1/s1. The van der Waals surface area contributed by atoms with Gasteiger partial charge in [0.05, 0.1) is 41.3 Å². The van der Waals surface area contributed by atoms with Crippen molar-refractivity contribution in [2.45, 2.75) is 12.5 Å². The third-order valence-electron chi connectivity index (χ3n) is 4.50. The number of carbonyl (C=O) groups is 2. The molecule has 30 heavy (non-hydrogen) atoms. The largest absolute Gasteiger partial charge is 0.465 e. The van der Waals surface area contributed by atoms with Crippen LogP contribution in [0.4, 0.5) is 11.4 Å². The van der Waals surface area contributed by atoms with Crippen LogP contribution in [0.1, 0.15) is 27.1 Å². The SMILES string of the molecule is COC(=O)c1ccc([N+](=O)[O-])cc1-c1cc([N+](=O)[O-])ccc1C(=O)O[C@@H]1CCOC1. The number of nitro benzene ring substituents is 2. The van der Waals surface area contributed by atoms with Crippen molar-refractivity contribution in [2.24, 2.45) is 0 Å². The monoisotopic (exact) mass is 416 g/mol. The van der Waals surface area contributed by atoms with Gasteiger partial charge in [0.25, 0.3) is 11.4 Å². The van der Waals surface area contributed by atoms with Gasteiger partial charge in [0.2, 0.25) is 0 Å². The number of rotatable bonds is 6. The van der Waals surface area contributed by atoms with Gasteiger partial charge in [-0.25, -0.2) is 9.59 Å². The fraction of sp³-hybridized carbons (Fsp3) is 0.263. The fourth-order valence-electron chi connectivity index (χ4n) is 3.02. The third kappa shape index (κ3) is 4.25. The Kier molecular flexibility index (Phi) is 6.02. The predicted octanol–water partition coefficient (Wildman–Crippen LogP) is 2.90. The molecule has 1 aliphatic rings. The number of benzene rings is 2. The van der Waals surface area contributed by atoms with Crippen molar-refractivity contribution in [2.75, 3.05) is 20.3 Å². The van der Waals surface area contributed by atoms with Gasteiger partial charge in [0.15, 0.2) is 0 Å². The van der Waals surface area contributed by atoms with Gasteiger partial charge in [-0.1, -0.05) is 0 Å². The van der Waals surface area contributed by atoms with Crippen molar-refractivity contribution >= 4 is 23.3 Å². The Bertz CT molecular complexity index is 1030. The summed E-state index contributed by atoms with van der Waals surface area (Å²) < 4.78 is 15.3. The number of hydrogen-bond donors (Lipinski definition) is 0. The van der Waals surface area contributed by atoms with E-state index in [-0.39, 0.29) is 40.2 Å². The Labute approximate surface area is 169 Å². The maximum atomic E-state index is 12.7. The minimum atomic E-state index is -0.824. The van der Waals surface area contributed by atoms with Crippen LogP contribution < -0.4 is 0 Å². The van der Waals surface area contributed by atoms with Crippen LogP contribution in [0.25, 0.3) is 11.1 Å². The van der Waals surface area contributed by atoms with E-state index in [1.165, 1.54) is 6.07 Å². The van der Waals surface area contributed by atoms with E-state index in [0.29, 0.717) is 13.0 Å². The van der Waals surface area contributed by atoms with E-state index >= 15 is 0 Å². The summed E-state index contributed by atoms with van der Waals surface area (Å²) in [5, 5.41) is 22.5. The molecule has 2 aromatic carbocycles. The zero-order valence-corrected chi connectivity index (χ0v) is 15.7. The summed E-state index contributed by atoms with van der Waals surface area (Å²) in [5.74, 6) is -1.62. The van der Waals surface area contributed by atoms with Crippen molar-refractivity contribution in [3.63, 3.8) is 0 Å². The van der Waals surface area contributed by atoms with Crippen molar-refractivity contribution in [1.82, 2.24) is 0 Å². The maximum Gasteiger partial charge on any atom is 0.339 e. The third-order valence-corrected chi connectivity index (χ3v) is 4.50. The topological polar surface area (TPSA) is 148 Å².